The number of benzene rings is 1. The highest BCUT2D eigenvalue weighted by Gasteiger charge is 2.13. The van der Waals surface area contributed by atoms with E-state index in [4.69, 9.17) is 4.52 Å². The van der Waals surface area contributed by atoms with Crippen molar-refractivity contribution in [2.75, 3.05) is 7.11 Å². The molecule has 100 valence electrons. The lowest BCUT2D eigenvalue weighted by molar-refractivity contribution is 0.0589. The van der Waals surface area contributed by atoms with Crippen molar-refractivity contribution in [1.82, 2.24) is 14.7 Å². The van der Waals surface area contributed by atoms with Gasteiger partial charge in [0.05, 0.1) is 13.4 Å². The quantitative estimate of drug-likeness (QED) is 0.682. The fourth-order valence-corrected chi connectivity index (χ4v) is 1.82. The second kappa shape index (κ2) is 5.00. The average Bonchev–Trinajstić information content (AvgIpc) is 3.18. The Labute approximate surface area is 114 Å². The first-order valence-electron chi connectivity index (χ1n) is 5.92. The average molecular weight is 269 g/mol. The van der Waals surface area contributed by atoms with Crippen LogP contribution < -0.4 is 0 Å². The van der Waals surface area contributed by atoms with E-state index in [9.17, 15) is 4.79 Å². The molecule has 3 rings (SSSR count). The second-order valence-electron chi connectivity index (χ2n) is 4.08. The van der Waals surface area contributed by atoms with E-state index in [2.05, 4.69) is 14.9 Å². The predicted octanol–water partition coefficient (Wildman–Crippen LogP) is 2.31. The lowest BCUT2D eigenvalue weighted by Crippen LogP contribution is -2.00. The van der Waals surface area contributed by atoms with Crippen molar-refractivity contribution in [1.29, 1.82) is 0 Å². The normalized spacial score (nSPS) is 10.4. The molecular weight excluding hydrogens is 258 g/mol. The maximum atomic E-state index is 11.3. The van der Waals surface area contributed by atoms with Gasteiger partial charge < -0.3 is 13.8 Å². The van der Waals surface area contributed by atoms with Crippen LogP contribution in [0, 0.1) is 0 Å². The Morgan fingerprint density at radius 3 is 2.75 bits per heavy atom. The summed E-state index contributed by atoms with van der Waals surface area (Å²) in [5.41, 5.74) is 1.97. The van der Waals surface area contributed by atoms with Gasteiger partial charge in [0, 0.05) is 29.7 Å². The summed E-state index contributed by atoms with van der Waals surface area (Å²) in [6, 6.07) is 9.18. The highest BCUT2D eigenvalue weighted by atomic mass is 16.5. The van der Waals surface area contributed by atoms with E-state index in [-0.39, 0.29) is 5.69 Å². The van der Waals surface area contributed by atoms with Crippen LogP contribution >= 0.6 is 0 Å². The maximum absolute atomic E-state index is 11.3. The van der Waals surface area contributed by atoms with E-state index in [0.29, 0.717) is 5.76 Å². The first-order valence-corrected chi connectivity index (χ1v) is 5.92. The summed E-state index contributed by atoms with van der Waals surface area (Å²) in [6.45, 7) is 0. The van der Waals surface area contributed by atoms with Crippen molar-refractivity contribution in [3.8, 4) is 17.0 Å². The Bertz CT molecular complexity index is 714. The van der Waals surface area contributed by atoms with Gasteiger partial charge in [0.2, 0.25) is 0 Å². The van der Waals surface area contributed by atoms with Gasteiger partial charge in [-0.2, -0.15) is 0 Å². The van der Waals surface area contributed by atoms with Crippen LogP contribution in [0.3, 0.4) is 0 Å². The molecule has 0 atom stereocenters. The number of nitrogens with zero attached hydrogens (tertiary/aromatic N) is 3. The molecule has 0 bridgehead atoms. The molecular formula is C14H11N3O3. The maximum Gasteiger partial charge on any atom is 0.360 e. The Balaban J connectivity index is 1.88. The molecule has 0 aliphatic heterocycles. The SMILES string of the molecule is COC(=O)c1cc(-c2ccc(-n3ccnc3)cc2)on1. The van der Waals surface area contributed by atoms with E-state index in [1.165, 1.54) is 7.11 Å². The smallest absolute Gasteiger partial charge is 0.360 e. The Kier molecular flexibility index (Phi) is 3.04. The van der Waals surface area contributed by atoms with Crippen LogP contribution in [-0.2, 0) is 4.74 Å². The molecule has 0 saturated heterocycles. The van der Waals surface area contributed by atoms with Crippen molar-refractivity contribution in [3.05, 3.63) is 54.7 Å². The lowest BCUT2D eigenvalue weighted by Gasteiger charge is -2.02. The summed E-state index contributed by atoms with van der Waals surface area (Å²) in [6.07, 6.45) is 5.30. The molecule has 0 saturated carbocycles. The van der Waals surface area contributed by atoms with Gasteiger partial charge in [-0.25, -0.2) is 9.78 Å². The summed E-state index contributed by atoms with van der Waals surface area (Å²) in [5, 5.41) is 3.67. The van der Waals surface area contributed by atoms with E-state index in [1.54, 1.807) is 18.6 Å². The highest BCUT2D eigenvalue weighted by Crippen LogP contribution is 2.22. The van der Waals surface area contributed by atoms with Gasteiger partial charge in [-0.15, -0.1) is 0 Å². The van der Waals surface area contributed by atoms with Crippen molar-refractivity contribution in [3.63, 3.8) is 0 Å². The standard InChI is InChI=1S/C14H11N3O3/c1-19-14(18)12-8-13(20-16-12)10-2-4-11(5-3-10)17-7-6-15-9-17/h2-9H,1H3. The summed E-state index contributed by atoms with van der Waals surface area (Å²) >= 11 is 0. The number of hydrogen-bond acceptors (Lipinski definition) is 5. The fourth-order valence-electron chi connectivity index (χ4n) is 1.82. The minimum atomic E-state index is -0.518. The molecule has 6 nitrogen and oxygen atoms in total. The van der Waals surface area contributed by atoms with Gasteiger partial charge in [-0.3, -0.25) is 0 Å². The minimum absolute atomic E-state index is 0.154. The molecule has 0 amide bonds. The van der Waals surface area contributed by atoms with Crippen LogP contribution in [0.15, 0.2) is 53.6 Å². The molecule has 0 aliphatic carbocycles. The summed E-state index contributed by atoms with van der Waals surface area (Å²) < 4.78 is 11.6. The number of rotatable bonds is 3. The third kappa shape index (κ3) is 2.18. The molecule has 0 unspecified atom stereocenters. The van der Waals surface area contributed by atoms with Crippen LogP contribution in [0.1, 0.15) is 10.5 Å². The van der Waals surface area contributed by atoms with Crippen LogP contribution in [0.4, 0.5) is 0 Å². The van der Waals surface area contributed by atoms with Crippen molar-refractivity contribution in [2.24, 2.45) is 0 Å². The van der Waals surface area contributed by atoms with Crippen LogP contribution in [0.25, 0.3) is 17.0 Å². The Morgan fingerprint density at radius 1 is 1.30 bits per heavy atom. The molecule has 0 N–H and O–H groups in total. The molecule has 0 aliphatic rings. The molecule has 2 aromatic heterocycles. The van der Waals surface area contributed by atoms with E-state index < -0.39 is 5.97 Å². The van der Waals surface area contributed by atoms with Crippen LogP contribution in [0.2, 0.25) is 0 Å². The molecule has 0 radical (unpaired) electrons. The van der Waals surface area contributed by atoms with Crippen molar-refractivity contribution < 1.29 is 14.1 Å². The zero-order chi connectivity index (χ0) is 13.9. The van der Waals surface area contributed by atoms with Gasteiger partial charge in [0.15, 0.2) is 11.5 Å². The first-order chi connectivity index (χ1) is 9.78. The largest absolute Gasteiger partial charge is 0.464 e. The molecule has 3 aromatic rings. The molecule has 6 heteroatoms. The summed E-state index contributed by atoms with van der Waals surface area (Å²) in [4.78, 5) is 15.3. The number of carbonyl (C=O) groups is 1. The predicted molar refractivity (Wildman–Crippen MR) is 70.4 cm³/mol. The number of aromatic nitrogens is 3. The molecule has 20 heavy (non-hydrogen) atoms. The van der Waals surface area contributed by atoms with Gasteiger partial charge in [-0.1, -0.05) is 5.16 Å². The number of methoxy groups -OCH3 is 1. The molecule has 0 spiro atoms. The van der Waals surface area contributed by atoms with Crippen LogP contribution in [-0.4, -0.2) is 27.8 Å². The fraction of sp³-hybridized carbons (Fsp3) is 0.0714. The number of ether oxygens (including phenoxy) is 1. The van der Waals surface area contributed by atoms with Gasteiger partial charge >= 0.3 is 5.97 Å². The third-order valence-electron chi connectivity index (χ3n) is 2.86. The Morgan fingerprint density at radius 2 is 2.10 bits per heavy atom. The van der Waals surface area contributed by atoms with Crippen molar-refractivity contribution in [2.45, 2.75) is 0 Å². The number of hydrogen-bond donors (Lipinski definition) is 0. The van der Waals surface area contributed by atoms with E-state index in [1.807, 2.05) is 35.0 Å². The summed E-state index contributed by atoms with van der Waals surface area (Å²) in [5.74, 6) is -0.00221. The topological polar surface area (TPSA) is 70.2 Å². The monoisotopic (exact) mass is 269 g/mol. The van der Waals surface area contributed by atoms with Gasteiger partial charge in [-0.05, 0) is 24.3 Å². The number of imidazole rings is 1. The first kappa shape index (κ1) is 12.2. The lowest BCUT2D eigenvalue weighted by atomic mass is 10.1. The molecule has 0 fully saturated rings. The molecule has 2 heterocycles. The summed E-state index contributed by atoms with van der Waals surface area (Å²) in [7, 11) is 1.30. The zero-order valence-electron chi connectivity index (χ0n) is 10.7. The van der Waals surface area contributed by atoms with E-state index >= 15 is 0 Å². The van der Waals surface area contributed by atoms with Gasteiger partial charge in [0.25, 0.3) is 0 Å². The minimum Gasteiger partial charge on any atom is -0.464 e. The number of esters is 1. The zero-order valence-corrected chi connectivity index (χ0v) is 10.7. The van der Waals surface area contributed by atoms with Crippen molar-refractivity contribution >= 4 is 5.97 Å². The molecule has 1 aromatic carbocycles. The third-order valence-corrected chi connectivity index (χ3v) is 2.86. The van der Waals surface area contributed by atoms with E-state index in [0.717, 1.165) is 11.3 Å². The van der Waals surface area contributed by atoms with Gasteiger partial charge in [0.1, 0.15) is 0 Å². The second-order valence-corrected chi connectivity index (χ2v) is 4.08. The number of carbonyl (C=O) groups excluding carboxylic acids is 1. The highest BCUT2D eigenvalue weighted by molar-refractivity contribution is 5.88. The Hall–Kier alpha value is -2.89. The van der Waals surface area contributed by atoms with Crippen LogP contribution in [0.5, 0.6) is 0 Å².